The number of nitrogens with one attached hydrogen (secondary N) is 1. The fourth-order valence-electron chi connectivity index (χ4n) is 3.20. The van der Waals surface area contributed by atoms with E-state index in [1.165, 1.54) is 38.5 Å². The first-order valence-corrected chi connectivity index (χ1v) is 8.94. The average molecular weight is 257 g/mol. The van der Waals surface area contributed by atoms with Gasteiger partial charge in [-0.3, -0.25) is 4.21 Å². The Bertz CT molecular complexity index is 265. The van der Waals surface area contributed by atoms with Gasteiger partial charge in [-0.15, -0.1) is 0 Å². The molecule has 2 rings (SSSR count). The van der Waals surface area contributed by atoms with Crippen LogP contribution in [0.25, 0.3) is 0 Å². The molecule has 100 valence electrons. The Labute approximate surface area is 108 Å². The lowest BCUT2D eigenvalue weighted by molar-refractivity contribution is 0.248. The van der Waals surface area contributed by atoms with Crippen molar-refractivity contribution in [3.8, 4) is 0 Å². The summed E-state index contributed by atoms with van der Waals surface area (Å²) in [5.41, 5.74) is 0. The number of hydrogen-bond acceptors (Lipinski definition) is 2. The van der Waals surface area contributed by atoms with Crippen LogP contribution in [0.1, 0.15) is 51.9 Å². The van der Waals surface area contributed by atoms with Crippen LogP contribution in [0.5, 0.6) is 0 Å². The molecule has 0 saturated heterocycles. The third kappa shape index (κ3) is 4.70. The van der Waals surface area contributed by atoms with E-state index in [9.17, 15) is 4.21 Å². The normalized spacial score (nSPS) is 33.3. The first-order chi connectivity index (χ1) is 8.15. The Morgan fingerprint density at radius 2 is 2.00 bits per heavy atom. The maximum atomic E-state index is 11.1. The molecule has 4 atom stereocenters. The standard InChI is InChI=1S/C14H27NOS/c1-11(8-9-17(2)16)15-14-5-3-4-13(10-14)12-6-7-12/h11-15H,3-10H2,1-2H3. The van der Waals surface area contributed by atoms with Crippen molar-refractivity contribution in [3.05, 3.63) is 0 Å². The smallest absolute Gasteiger partial charge is 0.0246 e. The third-order valence-corrected chi connectivity index (χ3v) is 5.17. The first-order valence-electron chi connectivity index (χ1n) is 7.21. The predicted molar refractivity (Wildman–Crippen MR) is 74.6 cm³/mol. The minimum absolute atomic E-state index is 0.529. The molecule has 2 nitrogen and oxygen atoms in total. The Hall–Kier alpha value is 0.110. The quantitative estimate of drug-likeness (QED) is 0.792. The number of hydrogen-bond donors (Lipinski definition) is 1. The van der Waals surface area contributed by atoms with Gasteiger partial charge in [0.05, 0.1) is 0 Å². The van der Waals surface area contributed by atoms with Crippen molar-refractivity contribution in [2.75, 3.05) is 12.0 Å². The lowest BCUT2D eigenvalue weighted by Crippen LogP contribution is -2.40. The summed E-state index contributed by atoms with van der Waals surface area (Å²) in [7, 11) is -0.637. The molecule has 0 aromatic carbocycles. The second-order valence-electron chi connectivity index (χ2n) is 6.09. The highest BCUT2D eigenvalue weighted by Crippen LogP contribution is 2.43. The highest BCUT2D eigenvalue weighted by molar-refractivity contribution is 7.84. The van der Waals surface area contributed by atoms with Gasteiger partial charge in [-0.1, -0.05) is 12.8 Å². The second kappa shape index (κ2) is 6.33. The van der Waals surface area contributed by atoms with Crippen LogP contribution < -0.4 is 5.32 Å². The van der Waals surface area contributed by atoms with E-state index >= 15 is 0 Å². The Morgan fingerprint density at radius 1 is 1.24 bits per heavy atom. The van der Waals surface area contributed by atoms with Crippen LogP contribution in [0, 0.1) is 11.8 Å². The molecular formula is C14H27NOS. The van der Waals surface area contributed by atoms with Crippen LogP contribution in [-0.2, 0) is 10.8 Å². The molecule has 0 aromatic rings. The lowest BCUT2D eigenvalue weighted by atomic mass is 9.82. The topological polar surface area (TPSA) is 29.1 Å². The van der Waals surface area contributed by atoms with Gasteiger partial charge in [0.15, 0.2) is 0 Å². The minimum atomic E-state index is -0.637. The molecule has 0 aliphatic heterocycles. The third-order valence-electron chi connectivity index (χ3n) is 4.36. The summed E-state index contributed by atoms with van der Waals surface area (Å²) in [4.78, 5) is 0. The van der Waals surface area contributed by atoms with E-state index in [1.807, 2.05) is 0 Å². The highest BCUT2D eigenvalue weighted by atomic mass is 32.2. The van der Waals surface area contributed by atoms with E-state index < -0.39 is 10.8 Å². The van der Waals surface area contributed by atoms with Crippen molar-refractivity contribution >= 4 is 10.8 Å². The molecule has 3 heteroatoms. The van der Waals surface area contributed by atoms with Crippen LogP contribution in [0.15, 0.2) is 0 Å². The molecule has 4 unspecified atom stereocenters. The molecule has 17 heavy (non-hydrogen) atoms. The van der Waals surface area contributed by atoms with Gasteiger partial charge in [-0.2, -0.15) is 0 Å². The molecule has 2 aliphatic carbocycles. The molecule has 2 aliphatic rings. The SMILES string of the molecule is CC(CCS(C)=O)NC1CCCC(C2CC2)C1. The summed E-state index contributed by atoms with van der Waals surface area (Å²) in [6.45, 7) is 2.24. The molecule has 0 aromatic heterocycles. The molecular weight excluding hydrogens is 230 g/mol. The van der Waals surface area contributed by atoms with Gasteiger partial charge in [0.1, 0.15) is 0 Å². The Kier molecular flexibility index (Phi) is 5.04. The Balaban J connectivity index is 1.68. The summed E-state index contributed by atoms with van der Waals surface area (Å²) >= 11 is 0. The summed E-state index contributed by atoms with van der Waals surface area (Å²) in [6, 6.07) is 1.26. The van der Waals surface area contributed by atoms with Gasteiger partial charge in [0.2, 0.25) is 0 Å². The van der Waals surface area contributed by atoms with Gasteiger partial charge in [0.25, 0.3) is 0 Å². The summed E-state index contributed by atoms with van der Waals surface area (Å²) < 4.78 is 11.1. The van der Waals surface area contributed by atoms with Gasteiger partial charge >= 0.3 is 0 Å². The zero-order valence-corrected chi connectivity index (χ0v) is 12.1. The second-order valence-corrected chi connectivity index (χ2v) is 7.65. The monoisotopic (exact) mass is 257 g/mol. The molecule has 0 bridgehead atoms. The minimum Gasteiger partial charge on any atom is -0.311 e. The maximum Gasteiger partial charge on any atom is 0.0246 e. The van der Waals surface area contributed by atoms with E-state index in [1.54, 1.807) is 6.26 Å². The van der Waals surface area contributed by atoms with Crippen molar-refractivity contribution in [1.82, 2.24) is 5.32 Å². The average Bonchev–Trinajstić information content (AvgIpc) is 3.10. The lowest BCUT2D eigenvalue weighted by Gasteiger charge is -2.32. The molecule has 0 radical (unpaired) electrons. The van der Waals surface area contributed by atoms with Gasteiger partial charge < -0.3 is 5.32 Å². The zero-order valence-electron chi connectivity index (χ0n) is 11.3. The van der Waals surface area contributed by atoms with E-state index in [2.05, 4.69) is 12.2 Å². The van der Waals surface area contributed by atoms with Crippen LogP contribution in [0.4, 0.5) is 0 Å². The molecule has 0 spiro atoms. The molecule has 0 heterocycles. The van der Waals surface area contributed by atoms with Gasteiger partial charge in [0, 0.05) is 34.9 Å². The van der Waals surface area contributed by atoms with Crippen molar-refractivity contribution in [1.29, 1.82) is 0 Å². The molecule has 1 N–H and O–H groups in total. The van der Waals surface area contributed by atoms with E-state index in [4.69, 9.17) is 0 Å². The van der Waals surface area contributed by atoms with Gasteiger partial charge in [-0.05, 0) is 50.9 Å². The summed E-state index contributed by atoms with van der Waals surface area (Å²) in [6.07, 6.45) is 11.4. The first kappa shape index (κ1) is 13.5. The van der Waals surface area contributed by atoms with Crippen molar-refractivity contribution in [2.45, 2.75) is 64.0 Å². The summed E-state index contributed by atoms with van der Waals surface area (Å²) in [5.74, 6) is 2.92. The van der Waals surface area contributed by atoms with Crippen molar-refractivity contribution < 1.29 is 4.21 Å². The summed E-state index contributed by atoms with van der Waals surface area (Å²) in [5, 5.41) is 3.75. The molecule has 2 fully saturated rings. The maximum absolute atomic E-state index is 11.1. The Morgan fingerprint density at radius 3 is 2.65 bits per heavy atom. The van der Waals surface area contributed by atoms with Crippen LogP contribution in [0.2, 0.25) is 0 Å². The van der Waals surface area contributed by atoms with E-state index in [0.29, 0.717) is 6.04 Å². The largest absolute Gasteiger partial charge is 0.311 e. The molecule has 2 saturated carbocycles. The highest BCUT2D eigenvalue weighted by Gasteiger charge is 2.34. The van der Waals surface area contributed by atoms with E-state index in [0.717, 1.165) is 30.1 Å². The number of rotatable bonds is 6. The van der Waals surface area contributed by atoms with Gasteiger partial charge in [-0.25, -0.2) is 0 Å². The zero-order chi connectivity index (χ0) is 12.3. The van der Waals surface area contributed by atoms with Crippen LogP contribution >= 0.6 is 0 Å². The fraction of sp³-hybridized carbons (Fsp3) is 1.00. The predicted octanol–water partition coefficient (Wildman–Crippen LogP) is 2.70. The fourth-order valence-corrected chi connectivity index (χ4v) is 3.89. The van der Waals surface area contributed by atoms with E-state index in [-0.39, 0.29) is 0 Å². The molecule has 0 amide bonds. The van der Waals surface area contributed by atoms with Crippen LogP contribution in [0.3, 0.4) is 0 Å². The van der Waals surface area contributed by atoms with Crippen LogP contribution in [-0.4, -0.2) is 28.3 Å². The van der Waals surface area contributed by atoms with Crippen molar-refractivity contribution in [3.63, 3.8) is 0 Å². The van der Waals surface area contributed by atoms with Crippen molar-refractivity contribution in [2.24, 2.45) is 11.8 Å².